The third-order valence-electron chi connectivity index (χ3n) is 4.23. The average molecular weight is 308 g/mol. The second kappa shape index (κ2) is 6.84. The van der Waals surface area contributed by atoms with Crippen LogP contribution in [-0.2, 0) is 14.2 Å². The Morgan fingerprint density at radius 3 is 2.29 bits per heavy atom. The first-order chi connectivity index (χ1) is 9.86. The minimum absolute atomic E-state index is 0.180. The molecule has 2 rings (SSSR count). The van der Waals surface area contributed by atoms with Crippen molar-refractivity contribution in [2.45, 2.75) is 62.9 Å². The van der Waals surface area contributed by atoms with Crippen molar-refractivity contribution < 1.29 is 39.7 Å². The molecule has 2 aliphatic heterocycles. The molecule has 0 amide bonds. The molecule has 2 heterocycles. The summed E-state index contributed by atoms with van der Waals surface area (Å²) in [7, 11) is 0. The van der Waals surface area contributed by atoms with Crippen molar-refractivity contribution in [3.8, 4) is 0 Å². The Bertz CT molecular complexity index is 340. The summed E-state index contributed by atoms with van der Waals surface area (Å²) in [5.74, 6) is -0.512. The Morgan fingerprint density at radius 1 is 1.00 bits per heavy atom. The second-order valence-corrected chi connectivity index (χ2v) is 5.73. The molecule has 0 aromatic carbocycles. The van der Waals surface area contributed by atoms with Crippen LogP contribution in [0, 0.1) is 5.92 Å². The zero-order chi connectivity index (χ0) is 15.7. The first-order valence-corrected chi connectivity index (χ1v) is 7.12. The minimum Gasteiger partial charge on any atom is -0.396 e. The van der Waals surface area contributed by atoms with Gasteiger partial charge in [0, 0.05) is 5.92 Å². The van der Waals surface area contributed by atoms with E-state index in [-0.39, 0.29) is 19.3 Å². The zero-order valence-corrected chi connectivity index (χ0v) is 12.1. The molecule has 2 aliphatic rings. The number of rotatable bonds is 3. The Morgan fingerprint density at radius 2 is 1.67 bits per heavy atom. The highest BCUT2D eigenvalue weighted by atomic mass is 16.7. The fourth-order valence-electron chi connectivity index (χ4n) is 2.82. The summed E-state index contributed by atoms with van der Waals surface area (Å²) >= 11 is 0. The summed E-state index contributed by atoms with van der Waals surface area (Å²) in [4.78, 5) is 0. The SMILES string of the molecule is CC1O[C@@H](C)C(CO)C(O)[C@H]1O[C@@H]1OC[C@@H](O)C(O)C1O. The van der Waals surface area contributed by atoms with E-state index in [2.05, 4.69) is 0 Å². The van der Waals surface area contributed by atoms with Crippen molar-refractivity contribution >= 4 is 0 Å². The largest absolute Gasteiger partial charge is 0.396 e. The van der Waals surface area contributed by atoms with Gasteiger partial charge in [-0.05, 0) is 13.8 Å². The smallest absolute Gasteiger partial charge is 0.186 e. The van der Waals surface area contributed by atoms with Crippen LogP contribution in [0.4, 0.5) is 0 Å². The second-order valence-electron chi connectivity index (χ2n) is 5.73. The number of aliphatic hydroxyl groups is 5. The van der Waals surface area contributed by atoms with Crippen molar-refractivity contribution in [1.29, 1.82) is 0 Å². The highest BCUT2D eigenvalue weighted by Crippen LogP contribution is 2.30. The molecule has 2 saturated heterocycles. The van der Waals surface area contributed by atoms with E-state index in [1.807, 2.05) is 0 Å². The molecule has 9 atom stereocenters. The Hall–Kier alpha value is -0.320. The fourth-order valence-corrected chi connectivity index (χ4v) is 2.82. The summed E-state index contributed by atoms with van der Waals surface area (Å²) in [6.45, 7) is 3.02. The number of aliphatic hydroxyl groups excluding tert-OH is 5. The van der Waals surface area contributed by atoms with E-state index in [0.29, 0.717) is 0 Å². The summed E-state index contributed by atoms with van der Waals surface area (Å²) < 4.78 is 16.3. The first kappa shape index (κ1) is 17.0. The topological polar surface area (TPSA) is 129 Å². The van der Waals surface area contributed by atoms with Crippen LogP contribution >= 0.6 is 0 Å². The molecule has 0 aliphatic carbocycles. The zero-order valence-electron chi connectivity index (χ0n) is 12.1. The van der Waals surface area contributed by atoms with Gasteiger partial charge in [0.05, 0.1) is 31.5 Å². The maximum Gasteiger partial charge on any atom is 0.186 e. The molecule has 2 fully saturated rings. The lowest BCUT2D eigenvalue weighted by atomic mass is 9.88. The van der Waals surface area contributed by atoms with Crippen LogP contribution in [0.15, 0.2) is 0 Å². The van der Waals surface area contributed by atoms with Crippen molar-refractivity contribution in [1.82, 2.24) is 0 Å². The quantitative estimate of drug-likeness (QED) is 0.390. The third kappa shape index (κ3) is 3.38. The maximum absolute atomic E-state index is 10.3. The van der Waals surface area contributed by atoms with E-state index >= 15 is 0 Å². The van der Waals surface area contributed by atoms with Gasteiger partial charge in [-0.2, -0.15) is 0 Å². The van der Waals surface area contributed by atoms with Gasteiger partial charge in [-0.15, -0.1) is 0 Å². The van der Waals surface area contributed by atoms with Crippen molar-refractivity contribution in [3.63, 3.8) is 0 Å². The van der Waals surface area contributed by atoms with Crippen LogP contribution in [-0.4, -0.2) is 87.8 Å². The molecule has 8 nitrogen and oxygen atoms in total. The van der Waals surface area contributed by atoms with Crippen LogP contribution in [0.25, 0.3) is 0 Å². The van der Waals surface area contributed by atoms with E-state index in [4.69, 9.17) is 14.2 Å². The maximum atomic E-state index is 10.3. The van der Waals surface area contributed by atoms with Crippen LogP contribution in [0.3, 0.4) is 0 Å². The van der Waals surface area contributed by atoms with E-state index in [0.717, 1.165) is 0 Å². The highest BCUT2D eigenvalue weighted by molar-refractivity contribution is 4.91. The highest BCUT2D eigenvalue weighted by Gasteiger charge is 2.46. The molecule has 124 valence electrons. The number of hydrogen-bond acceptors (Lipinski definition) is 8. The summed E-state index contributed by atoms with van der Waals surface area (Å²) in [6, 6.07) is 0. The Kier molecular flexibility index (Phi) is 5.55. The first-order valence-electron chi connectivity index (χ1n) is 7.12. The van der Waals surface area contributed by atoms with Crippen molar-refractivity contribution in [2.24, 2.45) is 5.92 Å². The predicted octanol–water partition coefficient (Wildman–Crippen LogP) is -2.41. The van der Waals surface area contributed by atoms with E-state index in [1.54, 1.807) is 13.8 Å². The van der Waals surface area contributed by atoms with Gasteiger partial charge in [-0.1, -0.05) is 0 Å². The molecule has 0 radical (unpaired) electrons. The molecule has 5 N–H and O–H groups in total. The van der Waals surface area contributed by atoms with Crippen LogP contribution in [0.1, 0.15) is 13.8 Å². The van der Waals surface area contributed by atoms with Gasteiger partial charge in [0.2, 0.25) is 0 Å². The molecule has 5 unspecified atom stereocenters. The summed E-state index contributed by atoms with van der Waals surface area (Å²) in [6.07, 6.45) is -7.79. The number of hydrogen-bond donors (Lipinski definition) is 5. The normalized spacial score (nSPS) is 51.9. The van der Waals surface area contributed by atoms with Gasteiger partial charge in [0.1, 0.15) is 24.4 Å². The molecular weight excluding hydrogens is 284 g/mol. The van der Waals surface area contributed by atoms with Crippen molar-refractivity contribution in [2.75, 3.05) is 13.2 Å². The molecule has 8 heteroatoms. The lowest BCUT2D eigenvalue weighted by Gasteiger charge is -2.45. The van der Waals surface area contributed by atoms with Gasteiger partial charge in [-0.3, -0.25) is 0 Å². The van der Waals surface area contributed by atoms with Crippen LogP contribution < -0.4 is 0 Å². The Labute approximate surface area is 122 Å². The lowest BCUT2D eigenvalue weighted by Crippen LogP contribution is -2.60. The summed E-state index contributed by atoms with van der Waals surface area (Å²) in [5, 5.41) is 48.5. The Balaban J connectivity index is 2.03. The predicted molar refractivity (Wildman–Crippen MR) is 69.2 cm³/mol. The molecule has 0 aromatic heterocycles. The van der Waals surface area contributed by atoms with E-state index in [9.17, 15) is 25.5 Å². The van der Waals surface area contributed by atoms with Crippen molar-refractivity contribution in [3.05, 3.63) is 0 Å². The van der Waals surface area contributed by atoms with Gasteiger partial charge in [-0.25, -0.2) is 0 Å². The van der Waals surface area contributed by atoms with Gasteiger partial charge in [0.25, 0.3) is 0 Å². The fraction of sp³-hybridized carbons (Fsp3) is 1.00. The van der Waals surface area contributed by atoms with Gasteiger partial charge < -0.3 is 39.7 Å². The lowest BCUT2D eigenvalue weighted by molar-refractivity contribution is -0.316. The molecule has 0 spiro atoms. The third-order valence-corrected chi connectivity index (χ3v) is 4.23. The van der Waals surface area contributed by atoms with E-state index < -0.39 is 48.8 Å². The van der Waals surface area contributed by atoms with Crippen LogP contribution in [0.2, 0.25) is 0 Å². The summed E-state index contributed by atoms with van der Waals surface area (Å²) in [5.41, 5.74) is 0. The van der Waals surface area contributed by atoms with Gasteiger partial charge >= 0.3 is 0 Å². The standard InChI is InChI=1S/C13H24O8/c1-5-7(3-14)9(16)12(6(2)20-5)21-13-11(18)10(17)8(15)4-19-13/h5-18H,3-4H2,1-2H3/t5-,6?,7?,8+,9?,10?,11?,12-,13-/m0/s1. The minimum atomic E-state index is -1.43. The molecular formula is C13H24O8. The molecule has 0 bridgehead atoms. The van der Waals surface area contributed by atoms with E-state index in [1.165, 1.54) is 0 Å². The van der Waals surface area contributed by atoms with Crippen LogP contribution in [0.5, 0.6) is 0 Å². The average Bonchev–Trinajstić information content (AvgIpc) is 2.43. The molecule has 0 saturated carbocycles. The molecule has 21 heavy (non-hydrogen) atoms. The molecule has 0 aromatic rings. The monoisotopic (exact) mass is 308 g/mol. The number of ether oxygens (including phenoxy) is 3. The van der Waals surface area contributed by atoms with Gasteiger partial charge in [0.15, 0.2) is 6.29 Å².